The third-order valence-corrected chi connectivity index (χ3v) is 11.3. The number of unbranched alkanes of at least 4 members (excludes halogenated alkanes) is 22. The number of carbonyl (C=O) groups excluding carboxylic acids is 2. The zero-order chi connectivity index (χ0) is 46.7. The van der Waals surface area contributed by atoms with E-state index in [2.05, 4.69) is 74.7 Å². The minimum Gasteiger partial charge on any atom is -0.462 e. The van der Waals surface area contributed by atoms with Crippen LogP contribution in [0.3, 0.4) is 0 Å². The molecule has 3 unspecified atom stereocenters. The SMILES string of the molecule is CC\C=C/C=C/C=C/C=C\C=C\C=C\CCCC(CC(=O)NC(CO)C(O)CCCCCCCCCCCCCC)OC(=O)CCCCCCC/C=C/C=C/C=C/CCCCCCC. The highest BCUT2D eigenvalue weighted by molar-refractivity contribution is 5.77. The first-order valence-electron chi connectivity index (χ1n) is 26.2. The molecule has 6 heteroatoms. The van der Waals surface area contributed by atoms with Gasteiger partial charge in [0.05, 0.1) is 25.2 Å². The number of hydrogen-bond donors (Lipinski definition) is 3. The van der Waals surface area contributed by atoms with Crippen molar-refractivity contribution in [3.05, 3.63) is 109 Å². The van der Waals surface area contributed by atoms with Gasteiger partial charge in [-0.2, -0.15) is 0 Å². The second-order valence-electron chi connectivity index (χ2n) is 17.4. The molecular formula is C58H97NO5. The fourth-order valence-corrected chi connectivity index (χ4v) is 7.35. The third-order valence-electron chi connectivity index (χ3n) is 11.3. The summed E-state index contributed by atoms with van der Waals surface area (Å²) in [7, 11) is 0. The maximum atomic E-state index is 13.2. The number of ether oxygens (including phenoxy) is 1. The van der Waals surface area contributed by atoms with E-state index >= 15 is 0 Å². The number of carbonyl (C=O) groups is 2. The summed E-state index contributed by atoms with van der Waals surface area (Å²) in [5, 5.41) is 23.7. The van der Waals surface area contributed by atoms with Gasteiger partial charge in [-0.15, -0.1) is 0 Å². The number of nitrogens with one attached hydrogen (secondary N) is 1. The summed E-state index contributed by atoms with van der Waals surface area (Å²) in [6, 6.07) is -0.737. The van der Waals surface area contributed by atoms with Crippen LogP contribution >= 0.6 is 0 Å². The van der Waals surface area contributed by atoms with E-state index < -0.39 is 18.2 Å². The quantitative estimate of drug-likeness (QED) is 0.0322. The van der Waals surface area contributed by atoms with Gasteiger partial charge in [-0.3, -0.25) is 9.59 Å². The molecule has 6 nitrogen and oxygen atoms in total. The first-order valence-corrected chi connectivity index (χ1v) is 26.2. The van der Waals surface area contributed by atoms with Crippen LogP contribution in [0.15, 0.2) is 109 Å². The van der Waals surface area contributed by atoms with Gasteiger partial charge < -0.3 is 20.3 Å². The van der Waals surface area contributed by atoms with E-state index in [0.29, 0.717) is 19.3 Å². The van der Waals surface area contributed by atoms with Crippen molar-refractivity contribution < 1.29 is 24.5 Å². The van der Waals surface area contributed by atoms with Crippen molar-refractivity contribution in [3.8, 4) is 0 Å². The lowest BCUT2D eigenvalue weighted by Crippen LogP contribution is -2.46. The molecule has 0 aliphatic carbocycles. The van der Waals surface area contributed by atoms with Crippen LogP contribution in [-0.4, -0.2) is 46.9 Å². The monoisotopic (exact) mass is 888 g/mol. The molecule has 1 amide bonds. The molecule has 0 aromatic heterocycles. The summed E-state index contributed by atoms with van der Waals surface area (Å²) in [4.78, 5) is 26.2. The van der Waals surface area contributed by atoms with E-state index in [-0.39, 0.29) is 24.9 Å². The van der Waals surface area contributed by atoms with E-state index in [1.54, 1.807) is 0 Å². The maximum Gasteiger partial charge on any atom is 0.306 e. The largest absolute Gasteiger partial charge is 0.462 e. The predicted octanol–water partition coefficient (Wildman–Crippen LogP) is 15.9. The van der Waals surface area contributed by atoms with E-state index in [0.717, 1.165) is 83.5 Å². The Hall–Kier alpha value is -3.48. The molecule has 0 saturated heterocycles. The Bertz CT molecular complexity index is 1320. The number of esters is 1. The molecule has 364 valence electrons. The van der Waals surface area contributed by atoms with E-state index in [1.165, 1.54) is 89.9 Å². The lowest BCUT2D eigenvalue weighted by Gasteiger charge is -2.24. The van der Waals surface area contributed by atoms with Gasteiger partial charge in [0.2, 0.25) is 5.91 Å². The van der Waals surface area contributed by atoms with Crippen molar-refractivity contribution in [1.82, 2.24) is 5.32 Å². The lowest BCUT2D eigenvalue weighted by molar-refractivity contribution is -0.151. The van der Waals surface area contributed by atoms with Crippen LogP contribution in [0.1, 0.15) is 220 Å². The molecule has 64 heavy (non-hydrogen) atoms. The molecule has 0 radical (unpaired) electrons. The van der Waals surface area contributed by atoms with Gasteiger partial charge in [-0.25, -0.2) is 0 Å². The van der Waals surface area contributed by atoms with Crippen LogP contribution in [0.25, 0.3) is 0 Å². The van der Waals surface area contributed by atoms with Crippen molar-refractivity contribution in [3.63, 3.8) is 0 Å². The minimum absolute atomic E-state index is 0.0116. The van der Waals surface area contributed by atoms with Crippen LogP contribution in [0, 0.1) is 0 Å². The number of rotatable bonds is 45. The van der Waals surface area contributed by atoms with Gasteiger partial charge in [-0.05, 0) is 64.2 Å². The summed E-state index contributed by atoms with van der Waals surface area (Å²) in [6.07, 6.45) is 68.6. The van der Waals surface area contributed by atoms with Crippen molar-refractivity contribution in [2.45, 2.75) is 238 Å². The van der Waals surface area contributed by atoms with Crippen LogP contribution in [0.2, 0.25) is 0 Å². The Morgan fingerprint density at radius 3 is 1.31 bits per heavy atom. The molecule has 0 aliphatic heterocycles. The average Bonchev–Trinajstić information content (AvgIpc) is 3.29. The normalized spacial score (nSPS) is 14.1. The highest BCUT2D eigenvalue weighted by atomic mass is 16.5. The molecule has 3 atom stereocenters. The highest BCUT2D eigenvalue weighted by Crippen LogP contribution is 2.16. The first kappa shape index (κ1) is 60.5. The zero-order valence-electron chi connectivity index (χ0n) is 41.4. The number of aliphatic hydroxyl groups is 2. The standard InChI is InChI=1S/C58H97NO5/c1-4-7-10-13-16-19-22-25-27-28-29-31-33-36-39-42-45-48-51-58(63)64-54(49-46-43-40-37-34-32-30-26-23-20-17-14-11-8-5-2)52-57(62)59-55(53-60)56(61)50-47-44-41-38-35-24-21-18-15-12-9-6-3/h8,11,14,17,20,22-23,25-32,34,37,40,54-56,60-61H,4-7,9-10,12-13,15-16,18-19,21,24,33,35-36,38-39,41-53H2,1-3H3,(H,59,62)/b11-8-,17-14+,23-20+,25-22+,28-27+,30-26-,31-29+,34-32+,40-37+. The fourth-order valence-electron chi connectivity index (χ4n) is 7.35. The Kier molecular flexibility index (Phi) is 47.8. The van der Waals surface area contributed by atoms with E-state index in [1.807, 2.05) is 60.8 Å². The number of hydrogen-bond acceptors (Lipinski definition) is 5. The Morgan fingerprint density at radius 1 is 0.469 bits per heavy atom. The van der Waals surface area contributed by atoms with Gasteiger partial charge in [0.15, 0.2) is 0 Å². The third kappa shape index (κ3) is 45.1. The predicted molar refractivity (Wildman–Crippen MR) is 277 cm³/mol. The molecule has 0 aromatic rings. The first-order chi connectivity index (χ1) is 31.5. The summed E-state index contributed by atoms with van der Waals surface area (Å²) >= 11 is 0. The second kappa shape index (κ2) is 50.5. The number of aliphatic hydroxyl groups excluding tert-OH is 2. The molecule has 3 N–H and O–H groups in total. The Balaban J connectivity index is 4.78. The molecule has 0 saturated carbocycles. The minimum atomic E-state index is -0.818. The molecule has 0 bridgehead atoms. The lowest BCUT2D eigenvalue weighted by atomic mass is 10.0. The smallest absolute Gasteiger partial charge is 0.306 e. The van der Waals surface area contributed by atoms with Gasteiger partial charge in [0.25, 0.3) is 0 Å². The van der Waals surface area contributed by atoms with Crippen LogP contribution in [0.5, 0.6) is 0 Å². The van der Waals surface area contributed by atoms with Crippen molar-refractivity contribution in [1.29, 1.82) is 0 Å². The Labute approximate surface area is 394 Å². The second-order valence-corrected chi connectivity index (χ2v) is 17.4. The molecule has 0 rings (SSSR count). The summed E-state index contributed by atoms with van der Waals surface area (Å²) in [5.74, 6) is -0.581. The van der Waals surface area contributed by atoms with Gasteiger partial charge >= 0.3 is 5.97 Å². The van der Waals surface area contributed by atoms with Gasteiger partial charge in [0, 0.05) is 6.42 Å². The average molecular weight is 888 g/mol. The Morgan fingerprint density at radius 2 is 0.859 bits per heavy atom. The van der Waals surface area contributed by atoms with Gasteiger partial charge in [0.1, 0.15) is 6.10 Å². The number of allylic oxidation sites excluding steroid dienone is 18. The summed E-state index contributed by atoms with van der Waals surface area (Å²) < 4.78 is 5.89. The topological polar surface area (TPSA) is 95.9 Å². The van der Waals surface area contributed by atoms with Crippen LogP contribution < -0.4 is 5.32 Å². The zero-order valence-corrected chi connectivity index (χ0v) is 41.4. The molecule has 0 aromatic carbocycles. The molecule has 0 heterocycles. The summed E-state index contributed by atoms with van der Waals surface area (Å²) in [5.41, 5.74) is 0. The fraction of sp³-hybridized carbons (Fsp3) is 0.655. The summed E-state index contributed by atoms with van der Waals surface area (Å²) in [6.45, 7) is 6.28. The molecule has 0 aliphatic rings. The molecular weight excluding hydrogens is 791 g/mol. The van der Waals surface area contributed by atoms with Crippen LogP contribution in [-0.2, 0) is 14.3 Å². The van der Waals surface area contributed by atoms with Crippen molar-refractivity contribution >= 4 is 11.9 Å². The van der Waals surface area contributed by atoms with Gasteiger partial charge in [-0.1, -0.05) is 252 Å². The van der Waals surface area contributed by atoms with E-state index in [4.69, 9.17) is 4.74 Å². The van der Waals surface area contributed by atoms with Crippen molar-refractivity contribution in [2.24, 2.45) is 0 Å². The highest BCUT2D eigenvalue weighted by Gasteiger charge is 2.24. The molecule has 0 fully saturated rings. The molecule has 0 spiro atoms. The number of amides is 1. The maximum absolute atomic E-state index is 13.2. The van der Waals surface area contributed by atoms with Crippen LogP contribution in [0.4, 0.5) is 0 Å². The van der Waals surface area contributed by atoms with E-state index in [9.17, 15) is 19.8 Å². The van der Waals surface area contributed by atoms with Crippen molar-refractivity contribution in [2.75, 3.05) is 6.61 Å².